The summed E-state index contributed by atoms with van der Waals surface area (Å²) < 4.78 is 16.7. The van der Waals surface area contributed by atoms with Crippen LogP contribution in [-0.4, -0.2) is 77.6 Å². The lowest BCUT2D eigenvalue weighted by atomic mass is 10.0. The number of aromatic nitrogens is 2. The number of rotatable bonds is 6. The summed E-state index contributed by atoms with van der Waals surface area (Å²) in [4.78, 5) is 16.6. The molecule has 3 heterocycles. The number of halogens is 2. The van der Waals surface area contributed by atoms with Gasteiger partial charge < -0.3 is 29.4 Å². The summed E-state index contributed by atoms with van der Waals surface area (Å²) in [7, 11) is 0. The number of anilines is 2. The number of aryl methyl sites for hydroxylation is 1. The van der Waals surface area contributed by atoms with Crippen LogP contribution in [0.2, 0.25) is 0 Å². The molecule has 0 unspecified atom stereocenters. The van der Waals surface area contributed by atoms with E-state index < -0.39 is 0 Å². The van der Waals surface area contributed by atoms with Gasteiger partial charge in [-0.05, 0) is 57.4 Å². The lowest BCUT2D eigenvalue weighted by Gasteiger charge is -2.39. The number of hydrogen-bond donors (Lipinski definition) is 2. The molecule has 202 valence electrons. The third kappa shape index (κ3) is 7.45. The van der Waals surface area contributed by atoms with Crippen LogP contribution in [0.25, 0.3) is 0 Å². The molecule has 1 aromatic carbocycles. The highest BCUT2D eigenvalue weighted by molar-refractivity contribution is 5.85. The van der Waals surface area contributed by atoms with Crippen LogP contribution in [0.3, 0.4) is 0 Å². The predicted molar refractivity (Wildman–Crippen MR) is 143 cm³/mol. The van der Waals surface area contributed by atoms with Crippen LogP contribution in [0.15, 0.2) is 16.5 Å². The fraction of sp³-hybridized carbons (Fsp3) is 0.625. The molecule has 2 N–H and O–H groups in total. The molecule has 2 fully saturated rings. The summed E-state index contributed by atoms with van der Waals surface area (Å²) in [6, 6.07) is 4.69. The number of amides is 1. The van der Waals surface area contributed by atoms with Gasteiger partial charge in [0.2, 0.25) is 5.89 Å². The fourth-order valence-corrected chi connectivity index (χ4v) is 4.45. The second-order valence-corrected chi connectivity index (χ2v) is 9.46. The molecule has 0 radical (unpaired) electrons. The molecule has 2 atom stereocenters. The normalized spacial score (nSPS) is 20.4. The number of nitrogens with zero attached hydrogens (tertiary/aromatic N) is 4. The summed E-state index contributed by atoms with van der Waals surface area (Å²) in [5.41, 5.74) is 4.47. The van der Waals surface area contributed by atoms with Crippen LogP contribution in [0, 0.1) is 13.8 Å². The molecule has 1 amide bonds. The Morgan fingerprint density at radius 1 is 1.25 bits per heavy atom. The van der Waals surface area contributed by atoms with Crippen molar-refractivity contribution in [1.82, 2.24) is 25.3 Å². The molecule has 36 heavy (non-hydrogen) atoms. The van der Waals surface area contributed by atoms with Gasteiger partial charge in [-0.25, -0.2) is 4.79 Å². The molecule has 4 rings (SSSR count). The molecular formula is C24H38Cl2N6O4. The highest BCUT2D eigenvalue weighted by atomic mass is 35.5. The zero-order valence-corrected chi connectivity index (χ0v) is 23.2. The van der Waals surface area contributed by atoms with Crippen LogP contribution < -0.4 is 10.6 Å². The summed E-state index contributed by atoms with van der Waals surface area (Å²) in [5, 5.41) is 15.0. The van der Waals surface area contributed by atoms with E-state index in [1.807, 2.05) is 18.7 Å². The van der Waals surface area contributed by atoms with E-state index in [2.05, 4.69) is 58.6 Å². The first-order chi connectivity index (χ1) is 16.3. The van der Waals surface area contributed by atoms with Crippen LogP contribution in [0.1, 0.15) is 49.4 Å². The lowest BCUT2D eigenvalue weighted by Crippen LogP contribution is -2.54. The molecule has 10 nitrogen and oxygen atoms in total. The molecule has 0 spiro atoms. The molecule has 1 aromatic heterocycles. The minimum atomic E-state index is -0.228. The maximum Gasteiger partial charge on any atom is 0.410 e. The van der Waals surface area contributed by atoms with Crippen molar-refractivity contribution < 1.29 is 18.7 Å². The minimum absolute atomic E-state index is 0. The number of ether oxygens (including phenoxy) is 2. The topological polar surface area (TPSA) is 105 Å². The molecule has 0 saturated carbocycles. The summed E-state index contributed by atoms with van der Waals surface area (Å²) in [6.07, 6.45) is -0.338. The quantitative estimate of drug-likeness (QED) is 0.558. The third-order valence-electron chi connectivity index (χ3n) is 6.24. The first-order valence-electron chi connectivity index (χ1n) is 12.0. The number of benzene rings is 1. The number of hydrogen-bond acceptors (Lipinski definition) is 9. The van der Waals surface area contributed by atoms with Crippen molar-refractivity contribution in [2.75, 3.05) is 44.7 Å². The summed E-state index contributed by atoms with van der Waals surface area (Å²) >= 11 is 0. The van der Waals surface area contributed by atoms with E-state index in [0.29, 0.717) is 31.7 Å². The van der Waals surface area contributed by atoms with Crippen molar-refractivity contribution in [3.63, 3.8) is 0 Å². The maximum absolute atomic E-state index is 12.3. The van der Waals surface area contributed by atoms with E-state index in [1.54, 1.807) is 0 Å². The average molecular weight is 546 g/mol. The van der Waals surface area contributed by atoms with Crippen molar-refractivity contribution in [3.8, 4) is 0 Å². The van der Waals surface area contributed by atoms with Gasteiger partial charge in [0.15, 0.2) is 0 Å². The van der Waals surface area contributed by atoms with Gasteiger partial charge in [-0.3, -0.25) is 4.90 Å². The fourth-order valence-electron chi connectivity index (χ4n) is 4.45. The highest BCUT2D eigenvalue weighted by Gasteiger charge is 2.29. The van der Waals surface area contributed by atoms with Crippen LogP contribution in [0.5, 0.6) is 0 Å². The van der Waals surface area contributed by atoms with Crippen LogP contribution >= 0.6 is 24.8 Å². The van der Waals surface area contributed by atoms with E-state index in [9.17, 15) is 4.79 Å². The van der Waals surface area contributed by atoms with Gasteiger partial charge in [0.25, 0.3) is 0 Å². The number of piperazine rings is 1. The van der Waals surface area contributed by atoms with Crippen molar-refractivity contribution in [2.24, 2.45) is 0 Å². The Labute approximate surface area is 225 Å². The first-order valence-corrected chi connectivity index (χ1v) is 12.0. The zero-order valence-electron chi connectivity index (χ0n) is 21.6. The number of carbonyl (C=O) groups excluding carboxylic acids is 1. The van der Waals surface area contributed by atoms with E-state index >= 15 is 0 Å². The number of morpholine rings is 1. The van der Waals surface area contributed by atoms with Crippen LogP contribution in [-0.2, 0) is 16.0 Å². The Kier molecular flexibility index (Phi) is 11.2. The van der Waals surface area contributed by atoms with Gasteiger partial charge >= 0.3 is 12.1 Å². The Morgan fingerprint density at radius 3 is 2.69 bits per heavy atom. The lowest BCUT2D eigenvalue weighted by molar-refractivity contribution is 0.0349. The smallest absolute Gasteiger partial charge is 0.410 e. The Morgan fingerprint density at radius 2 is 2.03 bits per heavy atom. The van der Waals surface area contributed by atoms with Crippen molar-refractivity contribution >= 4 is 42.6 Å². The largest absolute Gasteiger partial charge is 0.447 e. The SMILES string of the molecule is Cc1cc(CN2CCN(C(=O)OC(C)C)[C@@H](C)C2)c(C)c(Nc2nnc([C@@H]3COCCN3)o2)c1.Cl.Cl. The zero-order chi connectivity index (χ0) is 24.2. The Balaban J connectivity index is 0.00000228. The summed E-state index contributed by atoms with van der Waals surface area (Å²) in [5.74, 6) is 0.524. The van der Waals surface area contributed by atoms with E-state index in [1.165, 1.54) is 5.56 Å². The van der Waals surface area contributed by atoms with Gasteiger partial charge in [-0.15, -0.1) is 29.9 Å². The van der Waals surface area contributed by atoms with E-state index in [0.717, 1.165) is 43.0 Å². The molecule has 2 aromatic rings. The molecule has 0 aliphatic carbocycles. The van der Waals surface area contributed by atoms with Crippen molar-refractivity contribution in [3.05, 3.63) is 34.7 Å². The minimum Gasteiger partial charge on any atom is -0.447 e. The molecule has 0 bridgehead atoms. The molecule has 2 aliphatic heterocycles. The average Bonchev–Trinajstić information content (AvgIpc) is 3.25. The Hall–Kier alpha value is -2.11. The van der Waals surface area contributed by atoms with Gasteiger partial charge in [0.1, 0.15) is 6.04 Å². The summed E-state index contributed by atoms with van der Waals surface area (Å²) in [6.45, 7) is 15.1. The second-order valence-electron chi connectivity index (χ2n) is 9.46. The van der Waals surface area contributed by atoms with Gasteiger partial charge in [-0.2, -0.15) is 0 Å². The van der Waals surface area contributed by atoms with Crippen LogP contribution in [0.4, 0.5) is 16.5 Å². The van der Waals surface area contributed by atoms with Gasteiger partial charge in [-0.1, -0.05) is 11.2 Å². The predicted octanol–water partition coefficient (Wildman–Crippen LogP) is 3.99. The van der Waals surface area contributed by atoms with Crippen molar-refractivity contribution in [2.45, 2.75) is 59.4 Å². The molecular weight excluding hydrogens is 507 g/mol. The molecule has 12 heteroatoms. The van der Waals surface area contributed by atoms with Gasteiger partial charge in [0, 0.05) is 44.5 Å². The van der Waals surface area contributed by atoms with Gasteiger partial charge in [0.05, 0.1) is 19.3 Å². The molecule has 2 aliphatic rings. The highest BCUT2D eigenvalue weighted by Crippen LogP contribution is 2.27. The van der Waals surface area contributed by atoms with E-state index in [4.69, 9.17) is 13.9 Å². The monoisotopic (exact) mass is 544 g/mol. The second kappa shape index (κ2) is 13.4. The maximum atomic E-state index is 12.3. The number of carbonyl (C=O) groups is 1. The first kappa shape index (κ1) is 30.1. The number of nitrogens with one attached hydrogen (secondary N) is 2. The standard InChI is InChI=1S/C24H36N6O4.2ClH/c1-15(2)33-24(31)30-8-7-29(12-17(30)4)13-19-10-16(3)11-20(18(19)5)26-23-28-27-22(34-23)21-14-32-9-6-25-21;;/h10-11,15,17,21,25H,6-9,12-14H2,1-5H3,(H,26,28);2*1H/t17-,21-;;/m0../s1. The third-order valence-corrected chi connectivity index (χ3v) is 6.24. The molecule has 2 saturated heterocycles. The van der Waals surface area contributed by atoms with Crippen molar-refractivity contribution in [1.29, 1.82) is 0 Å². The Bertz CT molecular complexity index is 999. The van der Waals surface area contributed by atoms with E-state index in [-0.39, 0.29) is 49.1 Å².